The lowest BCUT2D eigenvalue weighted by molar-refractivity contribution is 0.0600. The van der Waals surface area contributed by atoms with Crippen molar-refractivity contribution in [3.8, 4) is 5.75 Å². The molecular weight excluding hydrogens is 336 g/mol. The molecule has 0 aliphatic rings. The van der Waals surface area contributed by atoms with E-state index in [1.165, 1.54) is 7.11 Å². The molecule has 4 nitrogen and oxygen atoms in total. The number of hydrogen-bond donors (Lipinski definition) is 1. The first-order chi connectivity index (χ1) is 10.1. The molecule has 0 fully saturated rings. The van der Waals surface area contributed by atoms with Crippen LogP contribution in [0.15, 0.2) is 46.9 Å². The number of ether oxygens (including phenoxy) is 2. The second-order valence-electron chi connectivity index (χ2n) is 4.40. The van der Waals surface area contributed by atoms with Crippen LogP contribution in [0.2, 0.25) is 0 Å². The summed E-state index contributed by atoms with van der Waals surface area (Å²) in [5.41, 5.74) is 2.27. The average Bonchev–Trinajstić information content (AvgIpc) is 2.53. The Hall–Kier alpha value is -1.85. The van der Waals surface area contributed by atoms with Gasteiger partial charge in [-0.3, -0.25) is 0 Å². The van der Waals surface area contributed by atoms with Gasteiger partial charge in [-0.25, -0.2) is 4.79 Å². The molecule has 2 rings (SSSR count). The molecule has 110 valence electrons. The van der Waals surface area contributed by atoms with Crippen molar-refractivity contribution in [2.45, 2.75) is 13.2 Å². The number of aliphatic hydroxyl groups is 1. The average molecular weight is 351 g/mol. The van der Waals surface area contributed by atoms with Gasteiger partial charge in [-0.05, 0) is 51.3 Å². The highest BCUT2D eigenvalue weighted by Gasteiger charge is 2.06. The molecule has 0 heterocycles. The van der Waals surface area contributed by atoms with Gasteiger partial charge in [0.15, 0.2) is 0 Å². The van der Waals surface area contributed by atoms with Crippen molar-refractivity contribution in [2.75, 3.05) is 7.11 Å². The molecule has 0 aliphatic carbocycles. The van der Waals surface area contributed by atoms with Crippen LogP contribution in [0.5, 0.6) is 5.75 Å². The first-order valence-electron chi connectivity index (χ1n) is 6.33. The minimum absolute atomic E-state index is 0.00608. The van der Waals surface area contributed by atoms with Gasteiger partial charge >= 0.3 is 5.97 Å². The fourth-order valence-electron chi connectivity index (χ4n) is 1.78. The van der Waals surface area contributed by atoms with E-state index in [-0.39, 0.29) is 12.6 Å². The molecule has 0 aromatic heterocycles. The first kappa shape index (κ1) is 15.5. The Morgan fingerprint density at radius 3 is 2.38 bits per heavy atom. The number of halogens is 1. The van der Waals surface area contributed by atoms with Crippen molar-refractivity contribution in [3.63, 3.8) is 0 Å². The highest BCUT2D eigenvalue weighted by Crippen LogP contribution is 2.26. The Bertz CT molecular complexity index is 623. The Labute approximate surface area is 131 Å². The Kier molecular flexibility index (Phi) is 5.36. The number of carbonyl (C=O) groups excluding carboxylic acids is 1. The van der Waals surface area contributed by atoms with Gasteiger partial charge in [-0.1, -0.05) is 18.2 Å². The molecule has 0 spiro atoms. The predicted octanol–water partition coefficient (Wildman–Crippen LogP) is 3.31. The van der Waals surface area contributed by atoms with Gasteiger partial charge in [-0.15, -0.1) is 0 Å². The summed E-state index contributed by atoms with van der Waals surface area (Å²) >= 11 is 3.40. The molecule has 0 saturated heterocycles. The summed E-state index contributed by atoms with van der Waals surface area (Å²) in [5.74, 6) is 0.342. The summed E-state index contributed by atoms with van der Waals surface area (Å²) in [6.45, 7) is 0.381. The Morgan fingerprint density at radius 1 is 1.14 bits per heavy atom. The zero-order valence-corrected chi connectivity index (χ0v) is 13.1. The van der Waals surface area contributed by atoms with Gasteiger partial charge in [0.05, 0.1) is 23.8 Å². The molecule has 0 bridgehead atoms. The first-order valence-corrected chi connectivity index (χ1v) is 7.12. The minimum atomic E-state index is -0.357. The van der Waals surface area contributed by atoms with Crippen LogP contribution in [-0.2, 0) is 18.0 Å². The van der Waals surface area contributed by atoms with Crippen LogP contribution in [0.4, 0.5) is 0 Å². The number of hydrogen-bond acceptors (Lipinski definition) is 4. The smallest absolute Gasteiger partial charge is 0.337 e. The molecule has 0 saturated carbocycles. The van der Waals surface area contributed by atoms with Crippen LogP contribution in [0.25, 0.3) is 0 Å². The van der Waals surface area contributed by atoms with Crippen LogP contribution in [-0.4, -0.2) is 18.2 Å². The number of carbonyl (C=O) groups is 1. The summed E-state index contributed by atoms with van der Waals surface area (Å²) in [7, 11) is 1.35. The number of rotatable bonds is 5. The van der Waals surface area contributed by atoms with E-state index in [2.05, 4.69) is 20.7 Å². The maximum absolute atomic E-state index is 11.3. The van der Waals surface area contributed by atoms with Gasteiger partial charge in [-0.2, -0.15) is 0 Å². The van der Waals surface area contributed by atoms with E-state index in [0.29, 0.717) is 17.9 Å². The Balaban J connectivity index is 2.01. The SMILES string of the molecule is COC(=O)c1ccc(COc2ccc(CO)cc2Br)cc1. The minimum Gasteiger partial charge on any atom is -0.488 e. The van der Waals surface area contributed by atoms with E-state index in [0.717, 1.165) is 15.6 Å². The van der Waals surface area contributed by atoms with E-state index >= 15 is 0 Å². The summed E-state index contributed by atoms with van der Waals surface area (Å²) in [6, 6.07) is 12.5. The lowest BCUT2D eigenvalue weighted by Gasteiger charge is -2.09. The molecule has 0 atom stereocenters. The fourth-order valence-corrected chi connectivity index (χ4v) is 2.32. The van der Waals surface area contributed by atoms with Crippen LogP contribution >= 0.6 is 15.9 Å². The highest BCUT2D eigenvalue weighted by molar-refractivity contribution is 9.10. The van der Waals surface area contributed by atoms with Crippen LogP contribution in [0, 0.1) is 0 Å². The molecule has 1 N–H and O–H groups in total. The summed E-state index contributed by atoms with van der Waals surface area (Å²) < 4.78 is 11.1. The molecule has 21 heavy (non-hydrogen) atoms. The van der Waals surface area contributed by atoms with Crippen molar-refractivity contribution >= 4 is 21.9 Å². The fraction of sp³-hybridized carbons (Fsp3) is 0.188. The van der Waals surface area contributed by atoms with E-state index in [1.54, 1.807) is 24.3 Å². The molecule has 2 aromatic carbocycles. The van der Waals surface area contributed by atoms with Crippen molar-refractivity contribution in [1.82, 2.24) is 0 Å². The molecule has 0 unspecified atom stereocenters. The summed E-state index contributed by atoms with van der Waals surface area (Å²) in [6.07, 6.45) is 0. The molecule has 2 aromatic rings. The van der Waals surface area contributed by atoms with Gasteiger partial charge in [0.1, 0.15) is 12.4 Å². The van der Waals surface area contributed by atoms with Gasteiger partial charge in [0.25, 0.3) is 0 Å². The van der Waals surface area contributed by atoms with Crippen LogP contribution in [0.3, 0.4) is 0 Å². The number of esters is 1. The third-order valence-corrected chi connectivity index (χ3v) is 3.57. The van der Waals surface area contributed by atoms with E-state index in [1.807, 2.05) is 18.2 Å². The standard InChI is InChI=1S/C16H15BrO4/c1-20-16(19)13-5-2-11(3-6-13)10-21-15-7-4-12(9-18)8-14(15)17/h2-8,18H,9-10H2,1H3. The monoisotopic (exact) mass is 350 g/mol. The predicted molar refractivity (Wildman–Crippen MR) is 82.2 cm³/mol. The van der Waals surface area contributed by atoms with Crippen molar-refractivity contribution < 1.29 is 19.4 Å². The summed E-state index contributed by atoms with van der Waals surface area (Å²) in [5, 5.41) is 9.05. The second kappa shape index (κ2) is 7.24. The molecule has 5 heteroatoms. The van der Waals surface area contributed by atoms with E-state index < -0.39 is 0 Å². The molecular formula is C16H15BrO4. The lowest BCUT2D eigenvalue weighted by Crippen LogP contribution is -2.02. The zero-order valence-electron chi connectivity index (χ0n) is 11.5. The van der Waals surface area contributed by atoms with Crippen molar-refractivity contribution in [2.24, 2.45) is 0 Å². The van der Waals surface area contributed by atoms with E-state index in [4.69, 9.17) is 9.84 Å². The quantitative estimate of drug-likeness (QED) is 0.840. The highest BCUT2D eigenvalue weighted by atomic mass is 79.9. The maximum atomic E-state index is 11.3. The van der Waals surface area contributed by atoms with Gasteiger partial charge < -0.3 is 14.6 Å². The lowest BCUT2D eigenvalue weighted by atomic mass is 10.1. The third-order valence-electron chi connectivity index (χ3n) is 2.95. The van der Waals surface area contributed by atoms with Gasteiger partial charge in [0.2, 0.25) is 0 Å². The summed E-state index contributed by atoms with van der Waals surface area (Å²) in [4.78, 5) is 11.3. The Morgan fingerprint density at radius 2 is 1.81 bits per heavy atom. The molecule has 0 aliphatic heterocycles. The van der Waals surface area contributed by atoms with Gasteiger partial charge in [0, 0.05) is 0 Å². The topological polar surface area (TPSA) is 55.8 Å². The number of benzene rings is 2. The third kappa shape index (κ3) is 4.06. The van der Waals surface area contributed by atoms with Crippen LogP contribution in [0.1, 0.15) is 21.5 Å². The molecule has 0 radical (unpaired) electrons. The zero-order chi connectivity index (χ0) is 15.2. The van der Waals surface area contributed by atoms with E-state index in [9.17, 15) is 4.79 Å². The van der Waals surface area contributed by atoms with Crippen molar-refractivity contribution in [1.29, 1.82) is 0 Å². The normalized spacial score (nSPS) is 10.2. The maximum Gasteiger partial charge on any atom is 0.337 e. The number of aliphatic hydroxyl groups excluding tert-OH is 1. The van der Waals surface area contributed by atoms with Crippen molar-refractivity contribution in [3.05, 3.63) is 63.6 Å². The number of methoxy groups -OCH3 is 1. The second-order valence-corrected chi connectivity index (χ2v) is 5.25. The largest absolute Gasteiger partial charge is 0.488 e. The molecule has 0 amide bonds. The van der Waals surface area contributed by atoms with Crippen LogP contribution < -0.4 is 4.74 Å².